The summed E-state index contributed by atoms with van der Waals surface area (Å²) in [6.07, 6.45) is 1.46. The van der Waals surface area contributed by atoms with Crippen molar-refractivity contribution in [3.8, 4) is 6.07 Å². The van der Waals surface area contributed by atoms with E-state index in [4.69, 9.17) is 10.1 Å². The van der Waals surface area contributed by atoms with Crippen LogP contribution in [0.2, 0.25) is 0 Å². The highest BCUT2D eigenvalue weighted by Crippen LogP contribution is 2.16. The van der Waals surface area contributed by atoms with Crippen LogP contribution in [-0.2, 0) is 22.6 Å². The minimum absolute atomic E-state index is 0.0638. The van der Waals surface area contributed by atoms with Crippen molar-refractivity contribution in [1.29, 1.82) is 5.26 Å². The number of nitrogens with zero attached hydrogens (tertiary/aromatic N) is 4. The van der Waals surface area contributed by atoms with Gasteiger partial charge in [0.05, 0.1) is 31.8 Å². The fourth-order valence-electron chi connectivity index (χ4n) is 1.96. The van der Waals surface area contributed by atoms with Gasteiger partial charge in [-0.2, -0.15) is 10.4 Å². The Balaban J connectivity index is 2.71. The van der Waals surface area contributed by atoms with Gasteiger partial charge in [-0.15, -0.1) is 0 Å². The number of nitriles is 1. The quantitative estimate of drug-likeness (QED) is 0.727. The molecule has 0 atom stereocenters. The number of aryl methyl sites for hydroxylation is 2. The smallest absolute Gasteiger partial charge is 0.246 e. The van der Waals surface area contributed by atoms with Gasteiger partial charge in [0.15, 0.2) is 0 Å². The van der Waals surface area contributed by atoms with E-state index in [-0.39, 0.29) is 5.91 Å². The van der Waals surface area contributed by atoms with E-state index >= 15 is 0 Å². The molecule has 0 saturated carbocycles. The Bertz CT molecular complexity index is 488. The molecule has 1 heterocycles. The van der Waals surface area contributed by atoms with Crippen LogP contribution in [0.3, 0.4) is 0 Å². The topological polar surface area (TPSA) is 71.2 Å². The minimum atomic E-state index is -0.0638. The minimum Gasteiger partial charge on any atom is -0.275 e. The van der Waals surface area contributed by atoms with Gasteiger partial charge >= 0.3 is 0 Å². The van der Waals surface area contributed by atoms with Crippen molar-refractivity contribution in [1.82, 2.24) is 14.8 Å². The fraction of sp³-hybridized carbons (Fsp3) is 0.615. The summed E-state index contributed by atoms with van der Waals surface area (Å²) in [5, 5.41) is 14.2. The predicted octanol–water partition coefficient (Wildman–Crippen LogP) is 1.37. The van der Waals surface area contributed by atoms with E-state index < -0.39 is 0 Å². The van der Waals surface area contributed by atoms with Crippen LogP contribution in [-0.4, -0.2) is 34.9 Å². The highest BCUT2D eigenvalue weighted by atomic mass is 16.7. The third-order valence-electron chi connectivity index (χ3n) is 3.18. The molecule has 104 valence electrons. The van der Waals surface area contributed by atoms with Gasteiger partial charge in [-0.25, -0.2) is 5.06 Å². The third-order valence-corrected chi connectivity index (χ3v) is 3.18. The van der Waals surface area contributed by atoms with Gasteiger partial charge in [0.25, 0.3) is 0 Å². The Kier molecular flexibility index (Phi) is 5.52. The highest BCUT2D eigenvalue weighted by molar-refractivity contribution is 5.75. The van der Waals surface area contributed by atoms with Gasteiger partial charge in [-0.05, 0) is 25.8 Å². The molecule has 1 rings (SSSR count). The fourth-order valence-corrected chi connectivity index (χ4v) is 1.96. The first-order chi connectivity index (χ1) is 9.01. The normalized spacial score (nSPS) is 10.3. The molecular weight excluding hydrogens is 244 g/mol. The number of hydrogen-bond donors (Lipinski definition) is 0. The van der Waals surface area contributed by atoms with Crippen LogP contribution in [0.5, 0.6) is 0 Å². The first-order valence-corrected chi connectivity index (χ1v) is 6.21. The summed E-state index contributed by atoms with van der Waals surface area (Å²) < 4.78 is 1.83. The first kappa shape index (κ1) is 15.2. The van der Waals surface area contributed by atoms with E-state index in [1.165, 1.54) is 12.2 Å². The highest BCUT2D eigenvalue weighted by Gasteiger charge is 2.14. The predicted molar refractivity (Wildman–Crippen MR) is 70.0 cm³/mol. The Labute approximate surface area is 113 Å². The first-order valence-electron chi connectivity index (χ1n) is 6.21. The second kappa shape index (κ2) is 6.90. The zero-order chi connectivity index (χ0) is 14.4. The van der Waals surface area contributed by atoms with E-state index in [1.54, 1.807) is 7.05 Å². The summed E-state index contributed by atoms with van der Waals surface area (Å²) in [4.78, 5) is 16.5. The van der Waals surface area contributed by atoms with Gasteiger partial charge in [0, 0.05) is 19.2 Å². The number of carbonyl (C=O) groups excluding carboxylic acids is 1. The molecule has 0 N–H and O–H groups in total. The molecule has 0 aliphatic heterocycles. The average molecular weight is 264 g/mol. The van der Waals surface area contributed by atoms with Crippen LogP contribution in [0.25, 0.3) is 0 Å². The lowest BCUT2D eigenvalue weighted by Crippen LogP contribution is -2.25. The second-order valence-electron chi connectivity index (χ2n) is 4.35. The average Bonchev–Trinajstić information content (AvgIpc) is 2.67. The molecule has 0 radical (unpaired) electrons. The molecule has 6 heteroatoms. The number of carbonyl (C=O) groups is 1. The van der Waals surface area contributed by atoms with Crippen molar-refractivity contribution >= 4 is 5.91 Å². The van der Waals surface area contributed by atoms with E-state index in [0.717, 1.165) is 17.0 Å². The van der Waals surface area contributed by atoms with E-state index in [2.05, 4.69) is 11.2 Å². The summed E-state index contributed by atoms with van der Waals surface area (Å²) in [5.74, 6) is -0.0638. The van der Waals surface area contributed by atoms with Crippen LogP contribution < -0.4 is 0 Å². The van der Waals surface area contributed by atoms with E-state index in [1.807, 2.05) is 18.5 Å². The lowest BCUT2D eigenvalue weighted by Gasteiger charge is -2.13. The number of hydroxylamine groups is 2. The van der Waals surface area contributed by atoms with Crippen molar-refractivity contribution in [2.45, 2.75) is 39.7 Å². The zero-order valence-electron chi connectivity index (χ0n) is 11.9. The Morgan fingerprint density at radius 2 is 2.21 bits per heavy atom. The largest absolute Gasteiger partial charge is 0.275 e. The number of amides is 1. The summed E-state index contributed by atoms with van der Waals surface area (Å²) in [6, 6.07) is 2.11. The molecule has 0 aliphatic rings. The monoisotopic (exact) mass is 264 g/mol. The number of rotatable bonds is 6. The molecular formula is C13H20N4O2. The van der Waals surface area contributed by atoms with Crippen LogP contribution in [0.4, 0.5) is 0 Å². The van der Waals surface area contributed by atoms with E-state index in [0.29, 0.717) is 25.8 Å². The van der Waals surface area contributed by atoms with Crippen LogP contribution in [0.1, 0.15) is 29.8 Å². The summed E-state index contributed by atoms with van der Waals surface area (Å²) in [7, 11) is 3.06. The maximum atomic E-state index is 11.7. The van der Waals surface area contributed by atoms with Crippen molar-refractivity contribution in [2.24, 2.45) is 0 Å². The molecule has 0 aliphatic carbocycles. The van der Waals surface area contributed by atoms with Crippen LogP contribution in [0, 0.1) is 25.2 Å². The van der Waals surface area contributed by atoms with E-state index in [9.17, 15) is 4.79 Å². The third kappa shape index (κ3) is 3.80. The van der Waals surface area contributed by atoms with Gasteiger partial charge in [-0.1, -0.05) is 0 Å². The zero-order valence-corrected chi connectivity index (χ0v) is 11.9. The molecule has 6 nitrogen and oxygen atoms in total. The molecule has 0 saturated heterocycles. The Morgan fingerprint density at radius 1 is 1.53 bits per heavy atom. The summed E-state index contributed by atoms with van der Waals surface area (Å²) >= 11 is 0. The maximum absolute atomic E-state index is 11.7. The standard InChI is InChI=1S/C13H20N4O2/c1-10-12(6-7-13(18)16(3)19-4)11(2)17(15-10)9-5-8-14/h5-7,9H2,1-4H3. The van der Waals surface area contributed by atoms with Crippen molar-refractivity contribution in [2.75, 3.05) is 14.2 Å². The van der Waals surface area contributed by atoms with Crippen molar-refractivity contribution in [3.63, 3.8) is 0 Å². The molecule has 0 spiro atoms. The van der Waals surface area contributed by atoms with Crippen LogP contribution in [0.15, 0.2) is 0 Å². The van der Waals surface area contributed by atoms with Gasteiger partial charge in [0.1, 0.15) is 0 Å². The van der Waals surface area contributed by atoms with Gasteiger partial charge in [-0.3, -0.25) is 14.3 Å². The number of aromatic nitrogens is 2. The molecule has 0 unspecified atom stereocenters. The number of hydrogen-bond acceptors (Lipinski definition) is 4. The molecule has 1 aromatic heterocycles. The Morgan fingerprint density at radius 3 is 2.79 bits per heavy atom. The lowest BCUT2D eigenvalue weighted by atomic mass is 10.1. The summed E-state index contributed by atoms with van der Waals surface area (Å²) in [5.41, 5.74) is 3.03. The summed E-state index contributed by atoms with van der Waals surface area (Å²) in [6.45, 7) is 4.49. The Hall–Kier alpha value is -1.87. The molecule has 19 heavy (non-hydrogen) atoms. The SMILES string of the molecule is CON(C)C(=O)CCc1c(C)nn(CCC#N)c1C. The lowest BCUT2D eigenvalue weighted by molar-refractivity contribution is -0.168. The molecule has 0 bridgehead atoms. The molecule has 0 fully saturated rings. The molecule has 1 amide bonds. The second-order valence-corrected chi connectivity index (χ2v) is 4.35. The van der Waals surface area contributed by atoms with Gasteiger partial charge in [0.2, 0.25) is 5.91 Å². The van der Waals surface area contributed by atoms with Crippen molar-refractivity contribution < 1.29 is 9.63 Å². The van der Waals surface area contributed by atoms with Crippen LogP contribution >= 0.6 is 0 Å². The molecule has 1 aromatic rings. The molecule has 0 aromatic carbocycles. The maximum Gasteiger partial charge on any atom is 0.246 e. The van der Waals surface area contributed by atoms with Gasteiger partial charge < -0.3 is 0 Å². The van der Waals surface area contributed by atoms with Crippen molar-refractivity contribution in [3.05, 3.63) is 17.0 Å².